The van der Waals surface area contributed by atoms with Gasteiger partial charge in [-0.05, 0) is 30.3 Å². The van der Waals surface area contributed by atoms with Crippen LogP contribution in [-0.2, 0) is 0 Å². The number of aromatic nitrogens is 1. The van der Waals surface area contributed by atoms with E-state index in [4.69, 9.17) is 16.2 Å². The summed E-state index contributed by atoms with van der Waals surface area (Å²) in [7, 11) is 1.59. The van der Waals surface area contributed by atoms with Crippen LogP contribution in [0.15, 0.2) is 35.1 Å². The van der Waals surface area contributed by atoms with E-state index >= 15 is 0 Å². The highest BCUT2D eigenvalue weighted by Gasteiger charge is 2.06. The summed E-state index contributed by atoms with van der Waals surface area (Å²) < 4.78 is 5.05. The van der Waals surface area contributed by atoms with Crippen molar-refractivity contribution < 1.29 is 4.74 Å². The molecule has 1 aromatic carbocycles. The Morgan fingerprint density at radius 3 is 2.35 bits per heavy atom. The number of ether oxygens (including phenoxy) is 1. The largest absolute Gasteiger partial charge is 0.497 e. The third kappa shape index (κ3) is 2.08. The van der Waals surface area contributed by atoms with E-state index in [1.807, 2.05) is 12.1 Å². The quantitative estimate of drug-likeness (QED) is 0.724. The molecule has 0 saturated carbocycles. The molecule has 17 heavy (non-hydrogen) atoms. The average molecular weight is 231 g/mol. The summed E-state index contributed by atoms with van der Waals surface area (Å²) in [4.78, 5) is 14.1. The Labute approximate surface area is 98.0 Å². The fourth-order valence-electron chi connectivity index (χ4n) is 1.56. The van der Waals surface area contributed by atoms with Gasteiger partial charge in [-0.3, -0.25) is 4.79 Å². The zero-order valence-electron chi connectivity index (χ0n) is 9.36. The number of methoxy groups -OCH3 is 1. The normalized spacial score (nSPS) is 10.2. The summed E-state index contributed by atoms with van der Waals surface area (Å²) in [5, 5.41) is 0. The van der Waals surface area contributed by atoms with Crippen molar-refractivity contribution in [3.63, 3.8) is 0 Å². The van der Waals surface area contributed by atoms with Gasteiger partial charge in [-0.2, -0.15) is 0 Å². The van der Waals surface area contributed by atoms with Gasteiger partial charge in [0.15, 0.2) is 0 Å². The average Bonchev–Trinajstić information content (AvgIpc) is 2.34. The Bertz CT molecular complexity index is 588. The van der Waals surface area contributed by atoms with E-state index in [9.17, 15) is 4.79 Å². The summed E-state index contributed by atoms with van der Waals surface area (Å²) in [5.41, 5.74) is 12.9. The summed E-state index contributed by atoms with van der Waals surface area (Å²) in [6, 6.07) is 8.68. The van der Waals surface area contributed by atoms with Crippen LogP contribution in [0.1, 0.15) is 0 Å². The molecule has 88 valence electrons. The highest BCUT2D eigenvalue weighted by Crippen LogP contribution is 2.25. The first-order valence-electron chi connectivity index (χ1n) is 5.04. The Kier molecular flexibility index (Phi) is 2.74. The molecule has 0 aliphatic rings. The lowest BCUT2D eigenvalue weighted by Gasteiger charge is -2.07. The van der Waals surface area contributed by atoms with E-state index in [1.165, 1.54) is 6.07 Å². The summed E-state index contributed by atoms with van der Waals surface area (Å²) in [6.45, 7) is 0. The third-order valence-corrected chi connectivity index (χ3v) is 2.48. The number of rotatable bonds is 2. The molecule has 0 bridgehead atoms. The molecule has 2 aromatic rings. The lowest BCUT2D eigenvalue weighted by molar-refractivity contribution is 0.415. The molecule has 1 heterocycles. The standard InChI is InChI=1S/C12H13N3O2/c1-17-8-4-2-7(3-5-8)11-9(13)6-10(14)12(16)15-11/h2-6H,13-14H2,1H3,(H,15,16). The first kappa shape index (κ1) is 11.1. The molecule has 0 atom stereocenters. The zero-order chi connectivity index (χ0) is 12.4. The SMILES string of the molecule is COc1ccc(-c2[nH]c(=O)c(N)cc2N)cc1. The van der Waals surface area contributed by atoms with Crippen molar-refractivity contribution in [2.24, 2.45) is 0 Å². The summed E-state index contributed by atoms with van der Waals surface area (Å²) in [5.74, 6) is 0.741. The summed E-state index contributed by atoms with van der Waals surface area (Å²) >= 11 is 0. The van der Waals surface area contributed by atoms with Crippen LogP contribution in [-0.4, -0.2) is 12.1 Å². The molecule has 5 nitrogen and oxygen atoms in total. The van der Waals surface area contributed by atoms with Gasteiger partial charge in [0.2, 0.25) is 0 Å². The molecular weight excluding hydrogens is 218 g/mol. The van der Waals surface area contributed by atoms with Gasteiger partial charge in [-0.15, -0.1) is 0 Å². The Morgan fingerprint density at radius 1 is 1.12 bits per heavy atom. The number of nitrogens with two attached hydrogens (primary N) is 2. The maximum Gasteiger partial charge on any atom is 0.271 e. The minimum atomic E-state index is -0.343. The van der Waals surface area contributed by atoms with Gasteiger partial charge in [-0.1, -0.05) is 0 Å². The molecule has 1 aromatic heterocycles. The maximum absolute atomic E-state index is 11.4. The van der Waals surface area contributed by atoms with Crippen molar-refractivity contribution in [1.29, 1.82) is 0 Å². The lowest BCUT2D eigenvalue weighted by Crippen LogP contribution is -2.13. The smallest absolute Gasteiger partial charge is 0.271 e. The molecule has 0 unspecified atom stereocenters. The fourth-order valence-corrected chi connectivity index (χ4v) is 1.56. The number of aromatic amines is 1. The van der Waals surface area contributed by atoms with E-state index in [-0.39, 0.29) is 11.2 Å². The van der Waals surface area contributed by atoms with Crippen molar-refractivity contribution in [3.8, 4) is 17.0 Å². The number of hydrogen-bond acceptors (Lipinski definition) is 4. The van der Waals surface area contributed by atoms with Crippen LogP contribution < -0.4 is 21.8 Å². The lowest BCUT2D eigenvalue weighted by atomic mass is 10.1. The van der Waals surface area contributed by atoms with Gasteiger partial charge < -0.3 is 21.2 Å². The van der Waals surface area contributed by atoms with Crippen LogP contribution in [0.2, 0.25) is 0 Å². The number of pyridine rings is 1. The minimum absolute atomic E-state index is 0.111. The van der Waals surface area contributed by atoms with Gasteiger partial charge in [0.25, 0.3) is 5.56 Å². The Morgan fingerprint density at radius 2 is 1.76 bits per heavy atom. The van der Waals surface area contributed by atoms with Gasteiger partial charge in [-0.25, -0.2) is 0 Å². The van der Waals surface area contributed by atoms with Gasteiger partial charge in [0.1, 0.15) is 5.75 Å². The fraction of sp³-hybridized carbons (Fsp3) is 0.0833. The van der Waals surface area contributed by atoms with Crippen LogP contribution in [0.3, 0.4) is 0 Å². The molecule has 0 aliphatic carbocycles. The first-order chi connectivity index (χ1) is 8.11. The predicted octanol–water partition coefficient (Wildman–Crippen LogP) is 1.21. The maximum atomic E-state index is 11.4. The van der Waals surface area contributed by atoms with Crippen molar-refractivity contribution >= 4 is 11.4 Å². The number of H-pyrrole nitrogens is 1. The van der Waals surface area contributed by atoms with E-state index < -0.39 is 0 Å². The second-order valence-corrected chi connectivity index (χ2v) is 3.61. The van der Waals surface area contributed by atoms with Crippen LogP contribution in [0.5, 0.6) is 5.75 Å². The molecule has 2 rings (SSSR count). The highest BCUT2D eigenvalue weighted by molar-refractivity contribution is 5.74. The third-order valence-electron chi connectivity index (χ3n) is 2.48. The van der Waals surface area contributed by atoms with E-state index in [2.05, 4.69) is 4.98 Å². The molecule has 0 saturated heterocycles. The van der Waals surface area contributed by atoms with E-state index in [0.717, 1.165) is 11.3 Å². The topological polar surface area (TPSA) is 94.1 Å². The molecule has 0 spiro atoms. The number of anilines is 2. The van der Waals surface area contributed by atoms with Crippen LogP contribution in [0.25, 0.3) is 11.3 Å². The number of hydrogen-bond donors (Lipinski definition) is 3. The van der Waals surface area contributed by atoms with Crippen molar-refractivity contribution in [3.05, 3.63) is 40.7 Å². The number of nitrogens with one attached hydrogen (secondary N) is 1. The Balaban J connectivity index is 2.52. The molecule has 0 fully saturated rings. The van der Waals surface area contributed by atoms with E-state index in [0.29, 0.717) is 11.4 Å². The van der Waals surface area contributed by atoms with Crippen molar-refractivity contribution in [2.45, 2.75) is 0 Å². The molecule has 0 aliphatic heterocycles. The second kappa shape index (κ2) is 4.21. The van der Waals surface area contributed by atoms with Crippen molar-refractivity contribution in [2.75, 3.05) is 18.6 Å². The zero-order valence-corrected chi connectivity index (χ0v) is 9.36. The number of nitrogen functional groups attached to an aromatic ring is 2. The van der Waals surface area contributed by atoms with Crippen LogP contribution >= 0.6 is 0 Å². The van der Waals surface area contributed by atoms with Gasteiger partial charge in [0.05, 0.1) is 24.2 Å². The molecule has 0 amide bonds. The van der Waals surface area contributed by atoms with Crippen LogP contribution in [0, 0.1) is 0 Å². The van der Waals surface area contributed by atoms with Crippen LogP contribution in [0.4, 0.5) is 11.4 Å². The molecule has 5 heteroatoms. The van der Waals surface area contributed by atoms with Gasteiger partial charge in [0, 0.05) is 5.56 Å². The van der Waals surface area contributed by atoms with Gasteiger partial charge >= 0.3 is 0 Å². The highest BCUT2D eigenvalue weighted by atomic mass is 16.5. The minimum Gasteiger partial charge on any atom is -0.497 e. The van der Waals surface area contributed by atoms with Crippen molar-refractivity contribution in [1.82, 2.24) is 4.98 Å². The molecule has 5 N–H and O–H groups in total. The molecular formula is C12H13N3O2. The monoisotopic (exact) mass is 231 g/mol. The Hall–Kier alpha value is -2.43. The van der Waals surface area contributed by atoms with E-state index in [1.54, 1.807) is 19.2 Å². The summed E-state index contributed by atoms with van der Waals surface area (Å²) in [6.07, 6.45) is 0. The number of benzene rings is 1. The first-order valence-corrected chi connectivity index (χ1v) is 5.04. The second-order valence-electron chi connectivity index (χ2n) is 3.61. The predicted molar refractivity (Wildman–Crippen MR) is 67.9 cm³/mol. The molecule has 0 radical (unpaired) electrons.